The largest absolute Gasteiger partial charge is 0.365 e. The highest BCUT2D eigenvalue weighted by Gasteiger charge is 2.25. The summed E-state index contributed by atoms with van der Waals surface area (Å²) in [6.07, 6.45) is -0.0375. The number of amides is 1. The summed E-state index contributed by atoms with van der Waals surface area (Å²) in [6, 6.07) is 4.22. The molecule has 0 radical (unpaired) electrons. The van der Waals surface area contributed by atoms with Crippen molar-refractivity contribution in [3.8, 4) is 0 Å². The van der Waals surface area contributed by atoms with Crippen molar-refractivity contribution in [3.63, 3.8) is 0 Å². The molecule has 1 aliphatic heterocycles. The van der Waals surface area contributed by atoms with E-state index in [4.69, 9.17) is 10.5 Å². The number of benzene rings is 1. The minimum absolute atomic E-state index is 0.0375. The van der Waals surface area contributed by atoms with Gasteiger partial charge < -0.3 is 15.4 Å². The number of nitrogens with zero attached hydrogens (tertiary/aromatic N) is 1. The third kappa shape index (κ3) is 2.96. The fourth-order valence-corrected chi connectivity index (χ4v) is 2.37. The molecule has 1 amide bonds. The first kappa shape index (κ1) is 14.0. The van der Waals surface area contributed by atoms with Crippen molar-refractivity contribution in [3.05, 3.63) is 34.4 Å². The van der Waals surface area contributed by atoms with Gasteiger partial charge in [-0.1, -0.05) is 12.1 Å². The lowest BCUT2D eigenvalue weighted by Crippen LogP contribution is -2.48. The van der Waals surface area contributed by atoms with Crippen LogP contribution in [-0.4, -0.2) is 36.6 Å². The van der Waals surface area contributed by atoms with Crippen LogP contribution >= 0.6 is 0 Å². The Hall–Kier alpha value is -1.39. The molecule has 0 spiro atoms. The molecule has 0 aromatic heterocycles. The summed E-state index contributed by atoms with van der Waals surface area (Å²) in [5.41, 5.74) is 10.7. The molecule has 0 bridgehead atoms. The summed E-state index contributed by atoms with van der Waals surface area (Å²) < 4.78 is 5.36. The fraction of sp³-hybridized carbons (Fsp3) is 0.533. The van der Waals surface area contributed by atoms with Gasteiger partial charge in [0, 0.05) is 19.6 Å². The number of nitrogens with two attached hydrogens (primary N) is 1. The number of hydrogen-bond donors (Lipinski definition) is 1. The van der Waals surface area contributed by atoms with Gasteiger partial charge in [-0.05, 0) is 43.0 Å². The van der Waals surface area contributed by atoms with E-state index in [0.29, 0.717) is 19.6 Å². The maximum Gasteiger partial charge on any atom is 0.248 e. The van der Waals surface area contributed by atoms with Gasteiger partial charge in [-0.15, -0.1) is 0 Å². The van der Waals surface area contributed by atoms with E-state index in [1.54, 1.807) is 0 Å². The second-order valence-electron chi connectivity index (χ2n) is 5.23. The van der Waals surface area contributed by atoms with Crippen molar-refractivity contribution in [2.24, 2.45) is 5.73 Å². The second kappa shape index (κ2) is 5.72. The Morgan fingerprint density at radius 2 is 2.05 bits per heavy atom. The van der Waals surface area contributed by atoms with Gasteiger partial charge in [-0.3, -0.25) is 4.79 Å². The first-order chi connectivity index (χ1) is 9.02. The lowest BCUT2D eigenvalue weighted by atomic mass is 9.98. The van der Waals surface area contributed by atoms with Crippen molar-refractivity contribution >= 4 is 5.91 Å². The Labute approximate surface area is 114 Å². The molecule has 1 saturated heterocycles. The quantitative estimate of drug-likeness (QED) is 0.893. The number of hydrogen-bond acceptors (Lipinski definition) is 3. The standard InChI is InChI=1S/C15H22N2O2/c1-10-4-5-13(12(3)11(10)2)7-17-8-14(6-16)19-9-15(17)18/h4-5,14H,6-9,16H2,1-3H3. The van der Waals surface area contributed by atoms with E-state index in [2.05, 4.69) is 32.9 Å². The topological polar surface area (TPSA) is 55.6 Å². The molecule has 1 aliphatic rings. The summed E-state index contributed by atoms with van der Waals surface area (Å²) in [4.78, 5) is 13.7. The molecule has 1 heterocycles. The molecule has 4 heteroatoms. The predicted octanol–water partition coefficient (Wildman–Crippen LogP) is 1.30. The summed E-state index contributed by atoms with van der Waals surface area (Å²) >= 11 is 0. The molecule has 2 rings (SSSR count). The number of carbonyl (C=O) groups is 1. The minimum Gasteiger partial charge on any atom is -0.365 e. The SMILES string of the molecule is Cc1ccc(CN2CC(CN)OCC2=O)c(C)c1C. The van der Waals surface area contributed by atoms with Crippen molar-refractivity contribution in [2.75, 3.05) is 19.7 Å². The highest BCUT2D eigenvalue weighted by atomic mass is 16.5. The maximum atomic E-state index is 11.9. The van der Waals surface area contributed by atoms with Crippen molar-refractivity contribution in [1.29, 1.82) is 0 Å². The van der Waals surface area contributed by atoms with E-state index < -0.39 is 0 Å². The molecule has 4 nitrogen and oxygen atoms in total. The van der Waals surface area contributed by atoms with Crippen LogP contribution in [0.5, 0.6) is 0 Å². The van der Waals surface area contributed by atoms with Gasteiger partial charge in [0.1, 0.15) is 6.61 Å². The Bertz CT molecular complexity index is 485. The van der Waals surface area contributed by atoms with Crippen LogP contribution in [0, 0.1) is 20.8 Å². The molecule has 0 saturated carbocycles. The normalized spacial score (nSPS) is 19.9. The van der Waals surface area contributed by atoms with Crippen LogP contribution in [0.1, 0.15) is 22.3 Å². The summed E-state index contributed by atoms with van der Waals surface area (Å²) in [5, 5.41) is 0. The lowest BCUT2D eigenvalue weighted by Gasteiger charge is -2.32. The number of rotatable bonds is 3. The molecule has 1 atom stereocenters. The number of morpholine rings is 1. The maximum absolute atomic E-state index is 11.9. The number of aryl methyl sites for hydroxylation is 1. The van der Waals surface area contributed by atoms with E-state index in [1.165, 1.54) is 22.3 Å². The first-order valence-corrected chi connectivity index (χ1v) is 6.68. The smallest absolute Gasteiger partial charge is 0.248 e. The Morgan fingerprint density at radius 3 is 2.74 bits per heavy atom. The zero-order valence-corrected chi connectivity index (χ0v) is 11.9. The number of carbonyl (C=O) groups excluding carboxylic acids is 1. The predicted molar refractivity (Wildman–Crippen MR) is 74.9 cm³/mol. The molecule has 2 N–H and O–H groups in total. The molecule has 1 unspecified atom stereocenters. The van der Waals surface area contributed by atoms with Gasteiger partial charge in [-0.25, -0.2) is 0 Å². The summed E-state index contributed by atoms with van der Waals surface area (Å²) in [6.45, 7) is 8.17. The van der Waals surface area contributed by atoms with Crippen LogP contribution in [-0.2, 0) is 16.1 Å². The van der Waals surface area contributed by atoms with Gasteiger partial charge in [-0.2, -0.15) is 0 Å². The monoisotopic (exact) mass is 262 g/mol. The van der Waals surface area contributed by atoms with Gasteiger partial charge >= 0.3 is 0 Å². The highest BCUT2D eigenvalue weighted by molar-refractivity contribution is 5.78. The van der Waals surface area contributed by atoms with Crippen molar-refractivity contribution < 1.29 is 9.53 Å². The molecule has 1 fully saturated rings. The van der Waals surface area contributed by atoms with Gasteiger partial charge in [0.05, 0.1) is 6.10 Å². The molecule has 19 heavy (non-hydrogen) atoms. The van der Waals surface area contributed by atoms with Gasteiger partial charge in [0.2, 0.25) is 5.91 Å². The lowest BCUT2D eigenvalue weighted by molar-refractivity contribution is -0.149. The first-order valence-electron chi connectivity index (χ1n) is 6.68. The second-order valence-corrected chi connectivity index (χ2v) is 5.23. The highest BCUT2D eigenvalue weighted by Crippen LogP contribution is 2.20. The van der Waals surface area contributed by atoms with Crippen LogP contribution in [0.3, 0.4) is 0 Å². The van der Waals surface area contributed by atoms with Crippen LogP contribution in [0.2, 0.25) is 0 Å². The van der Waals surface area contributed by atoms with Crippen molar-refractivity contribution in [1.82, 2.24) is 4.90 Å². The van der Waals surface area contributed by atoms with Crippen LogP contribution in [0.4, 0.5) is 0 Å². The van der Waals surface area contributed by atoms with E-state index >= 15 is 0 Å². The number of ether oxygens (including phenoxy) is 1. The molecular weight excluding hydrogens is 240 g/mol. The average Bonchev–Trinajstić information content (AvgIpc) is 2.41. The molecule has 1 aromatic carbocycles. The van der Waals surface area contributed by atoms with E-state index in [9.17, 15) is 4.79 Å². The Balaban J connectivity index is 2.16. The average molecular weight is 262 g/mol. The van der Waals surface area contributed by atoms with E-state index in [-0.39, 0.29) is 18.6 Å². The van der Waals surface area contributed by atoms with E-state index in [0.717, 1.165) is 0 Å². The van der Waals surface area contributed by atoms with Gasteiger partial charge in [0.25, 0.3) is 0 Å². The van der Waals surface area contributed by atoms with Crippen molar-refractivity contribution in [2.45, 2.75) is 33.4 Å². The Kier molecular flexibility index (Phi) is 4.22. The van der Waals surface area contributed by atoms with Gasteiger partial charge in [0.15, 0.2) is 0 Å². The molecular formula is C15H22N2O2. The van der Waals surface area contributed by atoms with Crippen LogP contribution in [0.25, 0.3) is 0 Å². The zero-order valence-electron chi connectivity index (χ0n) is 11.9. The molecule has 0 aliphatic carbocycles. The Morgan fingerprint density at radius 1 is 1.32 bits per heavy atom. The fourth-order valence-electron chi connectivity index (χ4n) is 2.37. The third-order valence-corrected chi connectivity index (χ3v) is 4.01. The summed E-state index contributed by atoms with van der Waals surface area (Å²) in [5.74, 6) is 0.0438. The molecule has 1 aromatic rings. The van der Waals surface area contributed by atoms with E-state index in [1.807, 2.05) is 4.90 Å². The van der Waals surface area contributed by atoms with Crippen LogP contribution in [0.15, 0.2) is 12.1 Å². The zero-order chi connectivity index (χ0) is 14.0. The third-order valence-electron chi connectivity index (χ3n) is 4.01. The van der Waals surface area contributed by atoms with Crippen LogP contribution < -0.4 is 5.73 Å². The summed E-state index contributed by atoms with van der Waals surface area (Å²) in [7, 11) is 0. The molecule has 104 valence electrons. The minimum atomic E-state index is -0.0375.